The van der Waals surface area contributed by atoms with E-state index in [1.807, 2.05) is 11.3 Å². The van der Waals surface area contributed by atoms with Gasteiger partial charge in [-0.1, -0.05) is 133 Å². The molecule has 4 heterocycles. The second-order valence-corrected chi connectivity index (χ2v) is 17.1. The summed E-state index contributed by atoms with van der Waals surface area (Å²) in [6.07, 6.45) is 0. The highest BCUT2D eigenvalue weighted by Crippen LogP contribution is 2.49. The number of hydrogen-bond donors (Lipinski definition) is 0. The van der Waals surface area contributed by atoms with Crippen molar-refractivity contribution in [3.05, 3.63) is 200 Å². The summed E-state index contributed by atoms with van der Waals surface area (Å²) in [6.45, 7) is 0. The lowest BCUT2D eigenvalue weighted by Crippen LogP contribution is -2.10. The second kappa shape index (κ2) is 12.0. The van der Waals surface area contributed by atoms with Crippen LogP contribution in [0.15, 0.2) is 200 Å². The molecule has 10 aromatic carbocycles. The van der Waals surface area contributed by atoms with Crippen molar-refractivity contribution >= 4 is 130 Å². The van der Waals surface area contributed by atoms with E-state index in [2.05, 4.69) is 214 Å². The summed E-state index contributed by atoms with van der Waals surface area (Å²) in [4.78, 5) is 2.45. The molecule has 0 spiro atoms. The van der Waals surface area contributed by atoms with Crippen LogP contribution in [0.1, 0.15) is 0 Å². The summed E-state index contributed by atoms with van der Waals surface area (Å²) < 4.78 is 7.76. The van der Waals surface area contributed by atoms with Crippen molar-refractivity contribution in [1.82, 2.24) is 8.97 Å². The van der Waals surface area contributed by atoms with Crippen LogP contribution in [0.2, 0.25) is 0 Å². The van der Waals surface area contributed by atoms with E-state index < -0.39 is 0 Å². The maximum absolute atomic E-state index is 2.56. The zero-order chi connectivity index (χ0) is 39.1. The van der Waals surface area contributed by atoms with Gasteiger partial charge in [-0.15, -0.1) is 11.3 Å². The van der Waals surface area contributed by atoms with E-state index in [0.717, 1.165) is 22.7 Å². The number of aromatic nitrogens is 2. The first kappa shape index (κ1) is 32.3. The van der Waals surface area contributed by atoms with Gasteiger partial charge in [0.15, 0.2) is 0 Å². The van der Waals surface area contributed by atoms with Crippen LogP contribution in [0.5, 0.6) is 0 Å². The highest BCUT2D eigenvalue weighted by Gasteiger charge is 2.26. The molecule has 0 bridgehead atoms. The van der Waals surface area contributed by atoms with Gasteiger partial charge in [-0.2, -0.15) is 0 Å². The number of benzene rings is 10. The summed E-state index contributed by atoms with van der Waals surface area (Å²) in [7, 11) is 0. The van der Waals surface area contributed by atoms with E-state index >= 15 is 0 Å². The molecule has 0 saturated carbocycles. The molecule has 0 aliphatic carbocycles. The maximum Gasteiger partial charge on any atom is 0.0626 e. The third-order valence-electron chi connectivity index (χ3n) is 12.9. The Kier molecular flexibility index (Phi) is 6.44. The van der Waals surface area contributed by atoms with Crippen molar-refractivity contribution in [2.75, 3.05) is 4.90 Å². The van der Waals surface area contributed by atoms with Crippen molar-refractivity contribution in [3.63, 3.8) is 0 Å². The summed E-state index contributed by atoms with van der Waals surface area (Å²) in [5, 5.41) is 15.2. The molecule has 0 atom stereocenters. The molecule has 60 heavy (non-hydrogen) atoms. The molecule has 4 aromatic heterocycles. The SMILES string of the molecule is c1ccc(N(c2ccc3c(ccc4c5ccccc5sc34)c2)c2cc3c4c5c(cc6ccccc6c5n3-c3ccccc3)c3cccc5c6ccccc6n(c4c2)c35)cc1. The van der Waals surface area contributed by atoms with Crippen molar-refractivity contribution < 1.29 is 0 Å². The van der Waals surface area contributed by atoms with Gasteiger partial charge in [-0.05, 0) is 88.3 Å². The van der Waals surface area contributed by atoms with E-state index in [1.54, 1.807) is 0 Å². The zero-order valence-electron chi connectivity index (χ0n) is 32.3. The number of thiophene rings is 1. The normalized spacial score (nSPS) is 12.3. The Bertz CT molecular complexity index is 4060. The Morgan fingerprint density at radius 2 is 1.02 bits per heavy atom. The second-order valence-electron chi connectivity index (χ2n) is 16.1. The Hall–Kier alpha value is -7.66. The molecular weight excluding hydrogens is 747 g/mol. The number of para-hydroxylation sites is 4. The topological polar surface area (TPSA) is 12.6 Å². The van der Waals surface area contributed by atoms with Gasteiger partial charge >= 0.3 is 0 Å². The van der Waals surface area contributed by atoms with Crippen LogP contribution >= 0.6 is 11.3 Å². The standard InChI is InChI=1S/C56H33N3S/c1-3-15-36(16-4-1)57(38-27-29-41-35(30-38)26-28-46-43-21-10-12-25-51(43)60-56(41)46)39-32-49-53-50(33-39)59-48-24-11-9-20-42(48)44-22-13-23-45(54(44)59)47-31-34-14-7-8-19-40(34)55(52(47)53)58(49)37-17-5-2-6-18-37/h1-33H. The van der Waals surface area contributed by atoms with Crippen LogP contribution in [0.25, 0.3) is 107 Å². The van der Waals surface area contributed by atoms with Crippen LogP contribution in [0, 0.1) is 0 Å². The van der Waals surface area contributed by atoms with Crippen LogP contribution in [-0.2, 0) is 0 Å². The number of anilines is 3. The molecular formula is C56H33N3S. The molecule has 278 valence electrons. The molecule has 0 N–H and O–H groups in total. The fourth-order valence-electron chi connectivity index (χ4n) is 10.5. The molecule has 0 aliphatic heterocycles. The average molecular weight is 780 g/mol. The molecule has 0 fully saturated rings. The highest BCUT2D eigenvalue weighted by molar-refractivity contribution is 7.26. The lowest BCUT2D eigenvalue weighted by molar-refractivity contribution is 1.18. The van der Waals surface area contributed by atoms with Gasteiger partial charge in [-0.3, -0.25) is 0 Å². The van der Waals surface area contributed by atoms with Crippen LogP contribution in [-0.4, -0.2) is 8.97 Å². The summed E-state index contributed by atoms with van der Waals surface area (Å²) in [6, 6.07) is 74.3. The van der Waals surface area contributed by atoms with Crippen LogP contribution in [0.4, 0.5) is 17.1 Å². The fraction of sp³-hybridized carbons (Fsp3) is 0. The average Bonchev–Trinajstić information content (AvgIpc) is 3.95. The first-order valence-corrected chi connectivity index (χ1v) is 21.4. The van der Waals surface area contributed by atoms with Gasteiger partial charge in [0.25, 0.3) is 0 Å². The molecule has 3 nitrogen and oxygen atoms in total. The molecule has 14 aromatic rings. The van der Waals surface area contributed by atoms with Gasteiger partial charge in [0.05, 0.1) is 33.3 Å². The minimum absolute atomic E-state index is 1.10. The van der Waals surface area contributed by atoms with Gasteiger partial charge in [-0.25, -0.2) is 0 Å². The molecule has 0 amide bonds. The smallest absolute Gasteiger partial charge is 0.0626 e. The van der Waals surface area contributed by atoms with Gasteiger partial charge in [0, 0.05) is 69.6 Å². The third-order valence-corrected chi connectivity index (χ3v) is 14.2. The van der Waals surface area contributed by atoms with E-state index in [4.69, 9.17) is 0 Å². The lowest BCUT2D eigenvalue weighted by Gasteiger charge is -2.26. The summed E-state index contributed by atoms with van der Waals surface area (Å²) >= 11 is 1.89. The third kappa shape index (κ3) is 4.27. The maximum atomic E-state index is 2.56. The van der Waals surface area contributed by atoms with E-state index in [1.165, 1.54) is 102 Å². The first-order valence-electron chi connectivity index (χ1n) is 20.6. The lowest BCUT2D eigenvalue weighted by atomic mass is 9.99. The predicted octanol–water partition coefficient (Wildman–Crippen LogP) is 16.1. The number of nitrogens with zero attached hydrogens (tertiary/aromatic N) is 3. The Morgan fingerprint density at radius 1 is 0.350 bits per heavy atom. The minimum Gasteiger partial charge on any atom is -0.310 e. The molecule has 0 aliphatic rings. The largest absolute Gasteiger partial charge is 0.310 e. The van der Waals surface area contributed by atoms with Crippen LogP contribution in [0.3, 0.4) is 0 Å². The first-order chi connectivity index (χ1) is 29.8. The van der Waals surface area contributed by atoms with Crippen molar-refractivity contribution in [2.24, 2.45) is 0 Å². The number of hydrogen-bond acceptors (Lipinski definition) is 2. The van der Waals surface area contributed by atoms with E-state index in [9.17, 15) is 0 Å². The van der Waals surface area contributed by atoms with Gasteiger partial charge in [0.2, 0.25) is 0 Å². The van der Waals surface area contributed by atoms with Gasteiger partial charge in [0.1, 0.15) is 0 Å². The Labute approximate surface area is 348 Å². The summed E-state index contributed by atoms with van der Waals surface area (Å²) in [5.74, 6) is 0. The quantitative estimate of drug-likeness (QED) is 0.173. The predicted molar refractivity (Wildman–Crippen MR) is 258 cm³/mol. The van der Waals surface area contributed by atoms with Crippen molar-refractivity contribution in [1.29, 1.82) is 0 Å². The number of rotatable bonds is 4. The summed E-state index contributed by atoms with van der Waals surface area (Å²) in [5.41, 5.74) is 10.5. The fourth-order valence-corrected chi connectivity index (χ4v) is 11.7. The molecule has 0 saturated heterocycles. The molecule has 14 rings (SSSR count). The van der Waals surface area contributed by atoms with E-state index in [-0.39, 0.29) is 0 Å². The number of fused-ring (bicyclic) bond motifs is 12. The molecule has 0 unspecified atom stereocenters. The monoisotopic (exact) mass is 779 g/mol. The Morgan fingerprint density at radius 3 is 1.88 bits per heavy atom. The Balaban J connectivity index is 1.18. The van der Waals surface area contributed by atoms with E-state index in [0.29, 0.717) is 0 Å². The van der Waals surface area contributed by atoms with Crippen molar-refractivity contribution in [2.45, 2.75) is 0 Å². The molecule has 0 radical (unpaired) electrons. The highest BCUT2D eigenvalue weighted by atomic mass is 32.1. The van der Waals surface area contributed by atoms with Crippen molar-refractivity contribution in [3.8, 4) is 5.69 Å². The zero-order valence-corrected chi connectivity index (χ0v) is 33.1. The van der Waals surface area contributed by atoms with Gasteiger partial charge < -0.3 is 13.9 Å². The molecule has 4 heteroatoms. The van der Waals surface area contributed by atoms with Crippen LogP contribution < -0.4 is 4.90 Å². The minimum atomic E-state index is 1.10.